The van der Waals surface area contributed by atoms with Gasteiger partial charge in [0.15, 0.2) is 0 Å². The Labute approximate surface area is 98.5 Å². The number of aryl methyl sites for hydroxylation is 2. The van der Waals surface area contributed by atoms with Crippen LogP contribution in [-0.2, 0) is 0 Å². The minimum Gasteiger partial charge on any atom is -0.507 e. The van der Waals surface area contributed by atoms with Crippen molar-refractivity contribution in [3.63, 3.8) is 0 Å². The van der Waals surface area contributed by atoms with Crippen molar-refractivity contribution in [3.8, 4) is 5.75 Å². The quantitative estimate of drug-likeness (QED) is 0.745. The lowest BCUT2D eigenvalue weighted by Gasteiger charge is -2.27. The predicted octanol–water partition coefficient (Wildman–Crippen LogP) is 4.30. The minimum atomic E-state index is 0.466. The van der Waals surface area contributed by atoms with E-state index in [0.717, 1.165) is 17.0 Å². The lowest BCUT2D eigenvalue weighted by Crippen LogP contribution is -2.11. The zero-order valence-corrected chi connectivity index (χ0v) is 10.6. The summed E-state index contributed by atoms with van der Waals surface area (Å²) in [6.45, 7) is 6.35. The first-order valence-electron chi connectivity index (χ1n) is 6.38. The number of benzene rings is 1. The molecule has 0 amide bonds. The first kappa shape index (κ1) is 11.5. The lowest BCUT2D eigenvalue weighted by atomic mass is 9.79. The van der Waals surface area contributed by atoms with Gasteiger partial charge in [0.05, 0.1) is 0 Å². The van der Waals surface area contributed by atoms with Crippen molar-refractivity contribution in [2.24, 2.45) is 5.92 Å². The summed E-state index contributed by atoms with van der Waals surface area (Å²) in [7, 11) is 0. The van der Waals surface area contributed by atoms with E-state index >= 15 is 0 Å². The largest absolute Gasteiger partial charge is 0.507 e. The molecule has 0 radical (unpaired) electrons. The highest BCUT2D eigenvalue weighted by Gasteiger charge is 2.20. The molecular weight excluding hydrogens is 196 g/mol. The maximum Gasteiger partial charge on any atom is 0.121 e. The third-order valence-corrected chi connectivity index (χ3v) is 4.00. The molecule has 0 spiro atoms. The normalized spacial score (nSPS) is 25.7. The van der Waals surface area contributed by atoms with Gasteiger partial charge in [-0.05, 0) is 55.2 Å². The van der Waals surface area contributed by atoms with E-state index in [1.165, 1.54) is 31.2 Å². The fourth-order valence-corrected chi connectivity index (χ4v) is 2.82. The minimum absolute atomic E-state index is 0.466. The summed E-state index contributed by atoms with van der Waals surface area (Å²) in [6, 6.07) is 4.34. The van der Waals surface area contributed by atoms with Crippen LogP contribution in [0.15, 0.2) is 12.1 Å². The molecule has 88 valence electrons. The van der Waals surface area contributed by atoms with Crippen molar-refractivity contribution < 1.29 is 5.11 Å². The molecule has 1 aromatic carbocycles. The van der Waals surface area contributed by atoms with E-state index in [1.807, 2.05) is 13.8 Å². The van der Waals surface area contributed by atoms with Crippen molar-refractivity contribution in [2.45, 2.75) is 52.4 Å². The number of phenolic OH excluding ortho intramolecular Hbond substituents is 1. The number of hydrogen-bond acceptors (Lipinski definition) is 1. The molecule has 0 aliphatic heterocycles. The van der Waals surface area contributed by atoms with Crippen molar-refractivity contribution in [1.82, 2.24) is 0 Å². The summed E-state index contributed by atoms with van der Waals surface area (Å²) in [4.78, 5) is 0. The summed E-state index contributed by atoms with van der Waals surface area (Å²) in [6.07, 6.45) is 5.32. The molecule has 0 saturated heterocycles. The summed E-state index contributed by atoms with van der Waals surface area (Å²) < 4.78 is 0. The monoisotopic (exact) mass is 218 g/mol. The van der Waals surface area contributed by atoms with Crippen LogP contribution in [-0.4, -0.2) is 5.11 Å². The van der Waals surface area contributed by atoms with Gasteiger partial charge in [-0.1, -0.05) is 31.9 Å². The second-order valence-electron chi connectivity index (χ2n) is 5.46. The van der Waals surface area contributed by atoms with Gasteiger partial charge < -0.3 is 5.11 Å². The Kier molecular flexibility index (Phi) is 3.22. The fourth-order valence-electron chi connectivity index (χ4n) is 2.82. The molecule has 0 bridgehead atoms. The van der Waals surface area contributed by atoms with E-state index in [0.29, 0.717) is 11.7 Å². The van der Waals surface area contributed by atoms with Gasteiger partial charge in [-0.2, -0.15) is 0 Å². The maximum absolute atomic E-state index is 9.77. The number of aromatic hydroxyl groups is 1. The van der Waals surface area contributed by atoms with Gasteiger partial charge in [-0.15, -0.1) is 0 Å². The Hall–Kier alpha value is -0.980. The topological polar surface area (TPSA) is 20.2 Å². The standard InChI is InChI=1S/C15H22O/c1-10-4-6-13(7-5-10)14-8-11(2)15(16)12(3)9-14/h8-10,13,16H,4-7H2,1-3H3. The average molecular weight is 218 g/mol. The first-order valence-corrected chi connectivity index (χ1v) is 6.38. The molecule has 0 atom stereocenters. The third-order valence-electron chi connectivity index (χ3n) is 4.00. The predicted molar refractivity (Wildman–Crippen MR) is 68.0 cm³/mol. The average Bonchev–Trinajstić information content (AvgIpc) is 2.26. The van der Waals surface area contributed by atoms with Gasteiger partial charge in [0.2, 0.25) is 0 Å². The lowest BCUT2D eigenvalue weighted by molar-refractivity contribution is 0.347. The van der Waals surface area contributed by atoms with Crippen LogP contribution in [0.25, 0.3) is 0 Å². The van der Waals surface area contributed by atoms with Gasteiger partial charge in [0, 0.05) is 0 Å². The number of rotatable bonds is 1. The van der Waals surface area contributed by atoms with Crippen molar-refractivity contribution in [2.75, 3.05) is 0 Å². The first-order chi connectivity index (χ1) is 7.58. The fraction of sp³-hybridized carbons (Fsp3) is 0.600. The van der Waals surface area contributed by atoms with E-state index in [2.05, 4.69) is 19.1 Å². The zero-order valence-electron chi connectivity index (χ0n) is 10.6. The zero-order chi connectivity index (χ0) is 11.7. The van der Waals surface area contributed by atoms with E-state index in [4.69, 9.17) is 0 Å². The van der Waals surface area contributed by atoms with Crippen molar-refractivity contribution in [1.29, 1.82) is 0 Å². The van der Waals surface area contributed by atoms with Crippen LogP contribution in [0.3, 0.4) is 0 Å². The summed E-state index contributed by atoms with van der Waals surface area (Å²) >= 11 is 0. The Bertz CT molecular complexity index is 350. The van der Waals surface area contributed by atoms with E-state index in [-0.39, 0.29) is 0 Å². The molecule has 16 heavy (non-hydrogen) atoms. The van der Waals surface area contributed by atoms with Crippen LogP contribution in [0.2, 0.25) is 0 Å². The Balaban J connectivity index is 2.21. The van der Waals surface area contributed by atoms with Crippen molar-refractivity contribution in [3.05, 3.63) is 28.8 Å². The van der Waals surface area contributed by atoms with Crippen LogP contribution >= 0.6 is 0 Å². The van der Waals surface area contributed by atoms with Crippen LogP contribution in [0.1, 0.15) is 55.2 Å². The highest BCUT2D eigenvalue weighted by Crippen LogP contribution is 2.37. The number of phenols is 1. The summed E-state index contributed by atoms with van der Waals surface area (Å²) in [5, 5.41) is 9.77. The molecule has 0 aromatic heterocycles. The molecular formula is C15H22O. The van der Waals surface area contributed by atoms with Gasteiger partial charge in [0.1, 0.15) is 5.75 Å². The Morgan fingerprint density at radius 1 is 1.00 bits per heavy atom. The highest BCUT2D eigenvalue weighted by molar-refractivity contribution is 5.43. The molecule has 1 aromatic rings. The molecule has 1 nitrogen and oxygen atoms in total. The van der Waals surface area contributed by atoms with Gasteiger partial charge in [-0.3, -0.25) is 0 Å². The SMILES string of the molecule is Cc1cc(C2CCC(C)CC2)cc(C)c1O. The molecule has 1 N–H and O–H groups in total. The highest BCUT2D eigenvalue weighted by atomic mass is 16.3. The van der Waals surface area contributed by atoms with Gasteiger partial charge >= 0.3 is 0 Å². The van der Waals surface area contributed by atoms with E-state index < -0.39 is 0 Å². The third kappa shape index (κ3) is 2.23. The molecule has 0 unspecified atom stereocenters. The maximum atomic E-state index is 9.77. The van der Waals surface area contributed by atoms with E-state index in [1.54, 1.807) is 0 Å². The molecule has 1 aliphatic carbocycles. The van der Waals surface area contributed by atoms with Crippen LogP contribution in [0.4, 0.5) is 0 Å². The molecule has 0 heterocycles. The van der Waals surface area contributed by atoms with Gasteiger partial charge in [-0.25, -0.2) is 0 Å². The van der Waals surface area contributed by atoms with Crippen LogP contribution in [0.5, 0.6) is 5.75 Å². The Morgan fingerprint density at radius 3 is 2.00 bits per heavy atom. The molecule has 1 heteroatoms. The summed E-state index contributed by atoms with van der Waals surface area (Å²) in [5.41, 5.74) is 3.47. The van der Waals surface area contributed by atoms with Crippen LogP contribution in [0, 0.1) is 19.8 Å². The Morgan fingerprint density at radius 2 is 1.50 bits per heavy atom. The number of hydrogen-bond donors (Lipinski definition) is 1. The summed E-state index contributed by atoms with van der Waals surface area (Å²) in [5.74, 6) is 2.08. The van der Waals surface area contributed by atoms with Gasteiger partial charge in [0.25, 0.3) is 0 Å². The molecule has 1 aliphatic rings. The molecule has 2 rings (SSSR count). The molecule has 1 fully saturated rings. The second-order valence-corrected chi connectivity index (χ2v) is 5.46. The van der Waals surface area contributed by atoms with Crippen molar-refractivity contribution >= 4 is 0 Å². The van der Waals surface area contributed by atoms with E-state index in [9.17, 15) is 5.11 Å². The second kappa shape index (κ2) is 4.48. The molecule has 1 saturated carbocycles. The van der Waals surface area contributed by atoms with Crippen LogP contribution < -0.4 is 0 Å². The smallest absolute Gasteiger partial charge is 0.121 e.